The van der Waals surface area contributed by atoms with Gasteiger partial charge in [0.1, 0.15) is 16.5 Å². The van der Waals surface area contributed by atoms with Crippen molar-refractivity contribution in [1.29, 1.82) is 0 Å². The smallest absolute Gasteiger partial charge is 0.123 e. The number of nitrogens with two attached hydrogens (primary N) is 1. The maximum Gasteiger partial charge on any atom is 0.123 e. The van der Waals surface area contributed by atoms with Gasteiger partial charge in [0.2, 0.25) is 0 Å². The summed E-state index contributed by atoms with van der Waals surface area (Å²) < 4.78 is 10.6. The number of hydrogen-bond donors (Lipinski definition) is 1. The monoisotopic (exact) mass is 276 g/mol. The first-order valence-corrected chi connectivity index (χ1v) is 6.77. The third-order valence-corrected chi connectivity index (χ3v) is 3.72. The zero-order valence-corrected chi connectivity index (χ0v) is 11.7. The van der Waals surface area contributed by atoms with Crippen molar-refractivity contribution in [2.24, 2.45) is 0 Å². The van der Waals surface area contributed by atoms with Gasteiger partial charge in [-0.25, -0.2) is 4.98 Å². The molecule has 4 nitrogen and oxygen atoms in total. The lowest BCUT2D eigenvalue weighted by Gasteiger charge is -2.10. The first-order chi connectivity index (χ1) is 9.24. The third kappa shape index (κ3) is 3.32. The number of methoxy groups -OCH3 is 2. The maximum atomic E-state index is 5.87. The zero-order valence-electron chi connectivity index (χ0n) is 10.9. The van der Waals surface area contributed by atoms with Crippen LogP contribution in [0.25, 0.3) is 0 Å². The molecular weight excluding hydrogens is 260 g/mol. The van der Waals surface area contributed by atoms with Crippen LogP contribution in [0.2, 0.25) is 0 Å². The van der Waals surface area contributed by atoms with E-state index in [1.807, 2.05) is 30.3 Å². The second-order valence-corrected chi connectivity index (χ2v) is 4.83. The largest absolute Gasteiger partial charge is 0.497 e. The van der Waals surface area contributed by atoms with Gasteiger partial charge < -0.3 is 15.2 Å². The van der Waals surface area contributed by atoms with Gasteiger partial charge in [-0.1, -0.05) is 11.8 Å². The molecule has 0 aliphatic carbocycles. The molecule has 0 aliphatic heterocycles. The van der Waals surface area contributed by atoms with Gasteiger partial charge in [0.05, 0.1) is 19.9 Å². The minimum Gasteiger partial charge on any atom is -0.497 e. The minimum absolute atomic E-state index is 0.689. The number of ether oxygens (including phenoxy) is 2. The van der Waals surface area contributed by atoms with Crippen LogP contribution in [0.3, 0.4) is 0 Å². The van der Waals surface area contributed by atoms with Crippen molar-refractivity contribution in [3.05, 3.63) is 42.1 Å². The molecule has 2 rings (SSSR count). The Morgan fingerprint density at radius 3 is 2.74 bits per heavy atom. The Morgan fingerprint density at radius 1 is 1.21 bits per heavy atom. The van der Waals surface area contributed by atoms with Gasteiger partial charge in [0.15, 0.2) is 0 Å². The number of rotatable bonds is 5. The lowest BCUT2D eigenvalue weighted by atomic mass is 10.2. The van der Waals surface area contributed by atoms with Gasteiger partial charge in [-0.05, 0) is 30.3 Å². The van der Waals surface area contributed by atoms with Crippen LogP contribution in [-0.4, -0.2) is 19.2 Å². The molecule has 1 aromatic carbocycles. The van der Waals surface area contributed by atoms with Crippen molar-refractivity contribution in [2.45, 2.75) is 10.8 Å². The Kier molecular flexibility index (Phi) is 4.52. The highest BCUT2D eigenvalue weighted by Crippen LogP contribution is 2.31. The van der Waals surface area contributed by atoms with Gasteiger partial charge >= 0.3 is 0 Å². The molecule has 5 heteroatoms. The molecule has 0 fully saturated rings. The standard InChI is InChI=1S/C14H16N2O2S/c1-17-11-5-6-13(18-2)10(8-11)9-19-14-12(15)4-3-7-16-14/h3-8H,9,15H2,1-2H3. The van der Waals surface area contributed by atoms with Gasteiger partial charge in [-0.2, -0.15) is 0 Å². The summed E-state index contributed by atoms with van der Waals surface area (Å²) >= 11 is 1.58. The lowest BCUT2D eigenvalue weighted by molar-refractivity contribution is 0.400. The minimum atomic E-state index is 0.689. The number of anilines is 1. The number of pyridine rings is 1. The Labute approximate surface area is 116 Å². The van der Waals surface area contributed by atoms with Crippen molar-refractivity contribution in [2.75, 3.05) is 20.0 Å². The predicted molar refractivity (Wildman–Crippen MR) is 77.8 cm³/mol. The molecule has 0 saturated carbocycles. The fourth-order valence-corrected chi connectivity index (χ4v) is 2.55. The summed E-state index contributed by atoms with van der Waals surface area (Å²) in [5.74, 6) is 2.37. The summed E-state index contributed by atoms with van der Waals surface area (Å²) in [5.41, 5.74) is 7.61. The number of aromatic nitrogens is 1. The summed E-state index contributed by atoms with van der Waals surface area (Å²) in [6.07, 6.45) is 1.74. The van der Waals surface area contributed by atoms with Crippen LogP contribution in [0.4, 0.5) is 5.69 Å². The van der Waals surface area contributed by atoms with E-state index in [0.717, 1.165) is 27.8 Å². The summed E-state index contributed by atoms with van der Waals surface area (Å²) in [6.45, 7) is 0. The van der Waals surface area contributed by atoms with E-state index in [1.165, 1.54) is 0 Å². The molecule has 0 saturated heterocycles. The van der Waals surface area contributed by atoms with E-state index in [9.17, 15) is 0 Å². The van der Waals surface area contributed by atoms with Crippen LogP contribution in [-0.2, 0) is 5.75 Å². The highest BCUT2D eigenvalue weighted by Gasteiger charge is 2.07. The number of nitrogen functional groups attached to an aromatic ring is 1. The van der Waals surface area contributed by atoms with E-state index in [0.29, 0.717) is 5.69 Å². The molecule has 2 aromatic rings. The molecule has 0 spiro atoms. The average Bonchev–Trinajstić information content (AvgIpc) is 2.46. The molecule has 1 aromatic heterocycles. The first kappa shape index (κ1) is 13.5. The van der Waals surface area contributed by atoms with E-state index >= 15 is 0 Å². The van der Waals surface area contributed by atoms with Crippen molar-refractivity contribution >= 4 is 17.4 Å². The Bertz CT molecular complexity index is 561. The van der Waals surface area contributed by atoms with Gasteiger partial charge in [0.25, 0.3) is 0 Å². The molecule has 0 amide bonds. The van der Waals surface area contributed by atoms with Crippen LogP contribution in [0, 0.1) is 0 Å². The normalized spacial score (nSPS) is 10.2. The topological polar surface area (TPSA) is 57.4 Å². The second-order valence-electron chi connectivity index (χ2n) is 3.86. The quantitative estimate of drug-likeness (QED) is 0.851. The SMILES string of the molecule is COc1ccc(OC)c(CSc2ncccc2N)c1. The van der Waals surface area contributed by atoms with E-state index in [-0.39, 0.29) is 0 Å². The fourth-order valence-electron chi connectivity index (χ4n) is 1.66. The molecule has 100 valence electrons. The Morgan fingerprint density at radius 2 is 2.05 bits per heavy atom. The molecule has 0 atom stereocenters. The van der Waals surface area contributed by atoms with Gasteiger partial charge in [-0.15, -0.1) is 0 Å². The van der Waals surface area contributed by atoms with E-state index < -0.39 is 0 Å². The molecule has 0 aliphatic rings. The van der Waals surface area contributed by atoms with Gasteiger partial charge in [0, 0.05) is 17.5 Å². The van der Waals surface area contributed by atoms with E-state index in [2.05, 4.69) is 4.98 Å². The highest BCUT2D eigenvalue weighted by molar-refractivity contribution is 7.98. The van der Waals surface area contributed by atoms with Crippen molar-refractivity contribution < 1.29 is 9.47 Å². The maximum absolute atomic E-state index is 5.87. The van der Waals surface area contributed by atoms with Crippen LogP contribution < -0.4 is 15.2 Å². The average molecular weight is 276 g/mol. The summed E-state index contributed by atoms with van der Waals surface area (Å²) in [6, 6.07) is 9.41. The zero-order chi connectivity index (χ0) is 13.7. The number of hydrogen-bond acceptors (Lipinski definition) is 5. The molecular formula is C14H16N2O2S. The van der Waals surface area contributed by atoms with Crippen LogP contribution in [0.5, 0.6) is 11.5 Å². The van der Waals surface area contributed by atoms with Crippen LogP contribution in [0.15, 0.2) is 41.6 Å². The summed E-state index contributed by atoms with van der Waals surface area (Å²) in [4.78, 5) is 4.26. The van der Waals surface area contributed by atoms with Crippen molar-refractivity contribution in [3.8, 4) is 11.5 Å². The highest BCUT2D eigenvalue weighted by atomic mass is 32.2. The van der Waals surface area contributed by atoms with E-state index in [4.69, 9.17) is 15.2 Å². The van der Waals surface area contributed by atoms with E-state index in [1.54, 1.807) is 32.2 Å². The van der Waals surface area contributed by atoms with Gasteiger partial charge in [-0.3, -0.25) is 0 Å². The molecule has 0 bridgehead atoms. The Hall–Kier alpha value is -1.88. The molecule has 2 N–H and O–H groups in total. The summed E-state index contributed by atoms with van der Waals surface area (Å²) in [7, 11) is 3.31. The molecule has 0 radical (unpaired) electrons. The number of nitrogens with zero attached hydrogens (tertiary/aromatic N) is 1. The lowest BCUT2D eigenvalue weighted by Crippen LogP contribution is -1.94. The van der Waals surface area contributed by atoms with Crippen LogP contribution >= 0.6 is 11.8 Å². The number of thioether (sulfide) groups is 1. The second kappa shape index (κ2) is 6.33. The van der Waals surface area contributed by atoms with Crippen molar-refractivity contribution in [3.63, 3.8) is 0 Å². The van der Waals surface area contributed by atoms with Crippen LogP contribution in [0.1, 0.15) is 5.56 Å². The fraction of sp³-hybridized carbons (Fsp3) is 0.214. The molecule has 1 heterocycles. The molecule has 0 unspecified atom stereocenters. The third-order valence-electron chi connectivity index (χ3n) is 2.65. The number of benzene rings is 1. The first-order valence-electron chi connectivity index (χ1n) is 5.78. The molecule has 19 heavy (non-hydrogen) atoms. The summed E-state index contributed by atoms with van der Waals surface area (Å²) in [5, 5.41) is 0.826. The predicted octanol–water partition coefficient (Wildman–Crippen LogP) is 2.97. The van der Waals surface area contributed by atoms with Crippen molar-refractivity contribution in [1.82, 2.24) is 4.98 Å². The Balaban J connectivity index is 2.16.